The van der Waals surface area contributed by atoms with Gasteiger partial charge < -0.3 is 19.5 Å². The highest BCUT2D eigenvalue weighted by Crippen LogP contribution is 2.42. The Kier molecular flexibility index (Phi) is 5.33. The van der Waals surface area contributed by atoms with E-state index in [4.69, 9.17) is 17.0 Å². The molecule has 0 radical (unpaired) electrons. The van der Waals surface area contributed by atoms with Crippen LogP contribution in [0.25, 0.3) is 5.69 Å². The molecule has 1 saturated heterocycles. The monoisotopic (exact) mass is 444 g/mol. The number of benzene rings is 2. The fourth-order valence-corrected chi connectivity index (χ4v) is 4.51. The molecule has 1 aliphatic heterocycles. The van der Waals surface area contributed by atoms with Crippen LogP contribution in [0, 0.1) is 5.82 Å². The van der Waals surface area contributed by atoms with Crippen molar-refractivity contribution in [2.75, 3.05) is 12.0 Å². The maximum absolute atomic E-state index is 13.6. The number of anilines is 1. The van der Waals surface area contributed by atoms with Crippen molar-refractivity contribution in [2.24, 2.45) is 0 Å². The first-order valence-electron chi connectivity index (χ1n) is 10.2. The van der Waals surface area contributed by atoms with E-state index in [2.05, 4.69) is 25.8 Å². The normalized spacial score (nSPS) is 17.9. The minimum atomic E-state index is -0.268. The molecular weight excluding hydrogens is 423 g/mol. The summed E-state index contributed by atoms with van der Waals surface area (Å²) in [7, 11) is 1.65. The summed E-state index contributed by atoms with van der Waals surface area (Å²) < 4.78 is 21.1. The van der Waals surface area contributed by atoms with Gasteiger partial charge in [-0.3, -0.25) is 4.98 Å². The molecule has 7 heteroatoms. The predicted octanol–water partition coefficient (Wildman–Crippen LogP) is 5.20. The summed E-state index contributed by atoms with van der Waals surface area (Å²) in [6.45, 7) is 0. The van der Waals surface area contributed by atoms with Crippen LogP contribution in [0.15, 0.2) is 91.3 Å². The van der Waals surface area contributed by atoms with Crippen LogP contribution >= 0.6 is 12.2 Å². The number of hydrogen-bond acceptors (Lipinski definition) is 3. The van der Waals surface area contributed by atoms with E-state index in [1.165, 1.54) is 12.1 Å². The molecule has 0 bridgehead atoms. The average molecular weight is 445 g/mol. The van der Waals surface area contributed by atoms with Crippen molar-refractivity contribution >= 4 is 23.0 Å². The first-order chi connectivity index (χ1) is 15.7. The van der Waals surface area contributed by atoms with Crippen molar-refractivity contribution in [1.29, 1.82) is 0 Å². The summed E-state index contributed by atoms with van der Waals surface area (Å²) in [5.41, 5.74) is 3.67. The molecule has 0 saturated carbocycles. The molecule has 5 rings (SSSR count). The van der Waals surface area contributed by atoms with E-state index in [-0.39, 0.29) is 17.9 Å². The topological polar surface area (TPSA) is 42.3 Å². The molecular formula is C25H21FN4OS. The molecule has 1 fully saturated rings. The number of ether oxygens (including phenoxy) is 1. The quantitative estimate of drug-likeness (QED) is 0.429. The summed E-state index contributed by atoms with van der Waals surface area (Å²) in [4.78, 5) is 6.69. The molecule has 160 valence electrons. The van der Waals surface area contributed by atoms with Crippen LogP contribution in [-0.2, 0) is 0 Å². The van der Waals surface area contributed by atoms with Gasteiger partial charge in [0.25, 0.3) is 0 Å². The zero-order chi connectivity index (χ0) is 22.1. The maximum Gasteiger partial charge on any atom is 0.174 e. The van der Waals surface area contributed by atoms with Crippen LogP contribution in [0.5, 0.6) is 5.75 Å². The van der Waals surface area contributed by atoms with Gasteiger partial charge in [-0.2, -0.15) is 0 Å². The molecule has 3 heterocycles. The Morgan fingerprint density at radius 3 is 2.56 bits per heavy atom. The molecule has 4 aromatic rings. The summed E-state index contributed by atoms with van der Waals surface area (Å²) >= 11 is 5.79. The number of pyridine rings is 1. The lowest BCUT2D eigenvalue weighted by Crippen LogP contribution is -2.30. The van der Waals surface area contributed by atoms with Gasteiger partial charge in [0.05, 0.1) is 18.8 Å². The first kappa shape index (κ1) is 20.2. The molecule has 0 aliphatic carbocycles. The maximum atomic E-state index is 13.6. The smallest absolute Gasteiger partial charge is 0.174 e. The standard InChI is InChI=1S/C25H21FN4OS/c1-31-20-7-4-6-19(16-20)30-24(23(28-25(30)32)21-8-2-3-14-27-21)22-9-5-15-29(22)18-12-10-17(26)11-13-18/h2-16,23-24H,1H3,(H,28,32)/t23-,24-/m1/s1. The highest BCUT2D eigenvalue weighted by atomic mass is 32.1. The second-order valence-electron chi connectivity index (χ2n) is 7.48. The Balaban J connectivity index is 1.66. The van der Waals surface area contributed by atoms with Gasteiger partial charge in [-0.15, -0.1) is 0 Å². The highest BCUT2D eigenvalue weighted by Gasteiger charge is 2.42. The number of methoxy groups -OCH3 is 1. The van der Waals surface area contributed by atoms with E-state index in [1.807, 2.05) is 54.7 Å². The molecule has 2 atom stereocenters. The Morgan fingerprint density at radius 1 is 0.969 bits per heavy atom. The Morgan fingerprint density at radius 2 is 1.81 bits per heavy atom. The fraction of sp³-hybridized carbons (Fsp3) is 0.120. The van der Waals surface area contributed by atoms with Gasteiger partial charge in [-0.1, -0.05) is 12.1 Å². The van der Waals surface area contributed by atoms with Crippen molar-refractivity contribution in [2.45, 2.75) is 12.1 Å². The Labute approximate surface area is 191 Å². The minimum Gasteiger partial charge on any atom is -0.497 e. The summed E-state index contributed by atoms with van der Waals surface area (Å²) in [5.74, 6) is 0.481. The number of thiocarbonyl (C=S) groups is 1. The van der Waals surface area contributed by atoms with Gasteiger partial charge in [0.15, 0.2) is 5.11 Å². The van der Waals surface area contributed by atoms with E-state index < -0.39 is 0 Å². The van der Waals surface area contributed by atoms with Crippen molar-refractivity contribution in [3.8, 4) is 11.4 Å². The zero-order valence-electron chi connectivity index (χ0n) is 17.4. The van der Waals surface area contributed by atoms with Gasteiger partial charge in [0.1, 0.15) is 17.6 Å². The molecule has 2 aromatic carbocycles. The van der Waals surface area contributed by atoms with Crippen LogP contribution in [0.2, 0.25) is 0 Å². The first-order valence-corrected chi connectivity index (χ1v) is 10.6. The van der Waals surface area contributed by atoms with Crippen molar-refractivity contribution in [1.82, 2.24) is 14.9 Å². The van der Waals surface area contributed by atoms with Crippen LogP contribution in [0.4, 0.5) is 10.1 Å². The molecule has 1 aliphatic rings. The molecule has 1 N–H and O–H groups in total. The lowest BCUT2D eigenvalue weighted by Gasteiger charge is -2.29. The van der Waals surface area contributed by atoms with E-state index >= 15 is 0 Å². The third-order valence-electron chi connectivity index (χ3n) is 5.62. The lowest BCUT2D eigenvalue weighted by molar-refractivity contribution is 0.414. The van der Waals surface area contributed by atoms with Gasteiger partial charge in [0.2, 0.25) is 0 Å². The Bertz CT molecular complexity index is 1240. The van der Waals surface area contributed by atoms with Crippen molar-refractivity contribution in [3.63, 3.8) is 0 Å². The van der Waals surface area contributed by atoms with Gasteiger partial charge in [-0.25, -0.2) is 4.39 Å². The largest absolute Gasteiger partial charge is 0.497 e. The fourth-order valence-electron chi connectivity index (χ4n) is 4.17. The second kappa shape index (κ2) is 8.43. The molecule has 32 heavy (non-hydrogen) atoms. The second-order valence-corrected chi connectivity index (χ2v) is 7.86. The predicted molar refractivity (Wildman–Crippen MR) is 127 cm³/mol. The van der Waals surface area contributed by atoms with E-state index in [0.717, 1.165) is 28.5 Å². The number of rotatable bonds is 5. The SMILES string of the molecule is COc1cccc(N2C(=S)N[C@H](c3ccccn3)[C@H]2c2cccn2-c2ccc(F)cc2)c1. The Hall–Kier alpha value is -3.71. The number of aromatic nitrogens is 2. The van der Waals surface area contributed by atoms with Gasteiger partial charge in [-0.05, 0) is 72.9 Å². The summed E-state index contributed by atoms with van der Waals surface area (Å²) in [6, 6.07) is 23.8. The molecule has 0 unspecified atom stereocenters. The molecule has 0 spiro atoms. The van der Waals surface area contributed by atoms with Crippen LogP contribution in [0.3, 0.4) is 0 Å². The van der Waals surface area contributed by atoms with Crippen LogP contribution < -0.4 is 15.0 Å². The zero-order valence-corrected chi connectivity index (χ0v) is 18.2. The van der Waals surface area contributed by atoms with Crippen molar-refractivity contribution in [3.05, 3.63) is 108 Å². The minimum absolute atomic E-state index is 0.177. The highest BCUT2D eigenvalue weighted by molar-refractivity contribution is 7.80. The van der Waals surface area contributed by atoms with Crippen LogP contribution in [-0.4, -0.2) is 21.8 Å². The molecule has 0 amide bonds. The summed E-state index contributed by atoms with van der Waals surface area (Å²) in [5, 5.41) is 4.07. The third kappa shape index (κ3) is 3.61. The molecule has 2 aromatic heterocycles. The summed E-state index contributed by atoms with van der Waals surface area (Å²) in [6.07, 6.45) is 3.76. The average Bonchev–Trinajstić information content (AvgIpc) is 3.44. The number of hydrogen-bond donors (Lipinski definition) is 1. The number of halogens is 1. The third-order valence-corrected chi connectivity index (χ3v) is 5.93. The number of nitrogens with one attached hydrogen (secondary N) is 1. The van der Waals surface area contributed by atoms with E-state index in [1.54, 1.807) is 25.4 Å². The van der Waals surface area contributed by atoms with Crippen LogP contribution in [0.1, 0.15) is 23.5 Å². The van der Waals surface area contributed by atoms with Gasteiger partial charge in [0, 0.05) is 35.5 Å². The van der Waals surface area contributed by atoms with Gasteiger partial charge >= 0.3 is 0 Å². The number of nitrogens with zero attached hydrogens (tertiary/aromatic N) is 3. The van der Waals surface area contributed by atoms with Crippen molar-refractivity contribution < 1.29 is 9.13 Å². The van der Waals surface area contributed by atoms with E-state index in [0.29, 0.717) is 5.11 Å². The lowest BCUT2D eigenvalue weighted by atomic mass is 10.0. The van der Waals surface area contributed by atoms with E-state index in [9.17, 15) is 4.39 Å². The molecule has 5 nitrogen and oxygen atoms in total.